The van der Waals surface area contributed by atoms with Gasteiger partial charge in [0.05, 0.1) is 11.5 Å². The van der Waals surface area contributed by atoms with Gasteiger partial charge in [0.1, 0.15) is 5.82 Å². The molecule has 25 heavy (non-hydrogen) atoms. The molecule has 0 unspecified atom stereocenters. The molecular weight excluding hydrogens is 354 g/mol. The fourth-order valence-electron chi connectivity index (χ4n) is 3.88. The third-order valence-electron chi connectivity index (χ3n) is 5.29. The van der Waals surface area contributed by atoms with Crippen LogP contribution in [0, 0.1) is 5.92 Å². The van der Waals surface area contributed by atoms with Gasteiger partial charge in [0, 0.05) is 18.7 Å². The molecule has 1 saturated heterocycles. The lowest BCUT2D eigenvalue weighted by Gasteiger charge is -2.24. The zero-order valence-corrected chi connectivity index (χ0v) is 16.0. The second-order valence-electron chi connectivity index (χ2n) is 7.13. The third kappa shape index (κ3) is 3.62. The number of hydrogen-bond acceptors (Lipinski definition) is 5. The molecule has 2 aromatic rings. The summed E-state index contributed by atoms with van der Waals surface area (Å²) in [5.74, 6) is 1.68. The summed E-state index contributed by atoms with van der Waals surface area (Å²) in [5.41, 5.74) is 2.87. The number of benzene rings is 1. The summed E-state index contributed by atoms with van der Waals surface area (Å²) < 4.78 is 25.4. The average molecular weight is 378 g/mol. The largest absolute Gasteiger partial charge is 0.309 e. The molecule has 0 amide bonds. The van der Waals surface area contributed by atoms with Crippen LogP contribution in [-0.4, -0.2) is 34.7 Å². The molecule has 0 N–H and O–H groups in total. The van der Waals surface area contributed by atoms with Gasteiger partial charge in [-0.3, -0.25) is 0 Å². The minimum Gasteiger partial charge on any atom is -0.309 e. The molecule has 4 rings (SSSR count). The lowest BCUT2D eigenvalue weighted by atomic mass is 9.91. The molecule has 1 aromatic heterocycles. The fraction of sp³-hybridized carbons (Fsp3) is 0.556. The van der Waals surface area contributed by atoms with Gasteiger partial charge in [-0.05, 0) is 42.7 Å². The monoisotopic (exact) mass is 377 g/mol. The van der Waals surface area contributed by atoms with Crippen LogP contribution < -0.4 is 0 Å². The highest BCUT2D eigenvalue weighted by molar-refractivity contribution is 7.99. The minimum absolute atomic E-state index is 0.182. The lowest BCUT2D eigenvalue weighted by Crippen LogP contribution is -2.11. The highest BCUT2D eigenvalue weighted by Gasteiger charge is 2.30. The molecule has 0 bridgehead atoms. The van der Waals surface area contributed by atoms with Gasteiger partial charge in [0.15, 0.2) is 15.0 Å². The van der Waals surface area contributed by atoms with Crippen molar-refractivity contribution in [2.24, 2.45) is 13.0 Å². The van der Waals surface area contributed by atoms with E-state index in [9.17, 15) is 8.42 Å². The molecule has 2 atom stereocenters. The Morgan fingerprint density at radius 3 is 2.88 bits per heavy atom. The van der Waals surface area contributed by atoms with Crippen molar-refractivity contribution in [3.05, 3.63) is 41.2 Å². The highest BCUT2D eigenvalue weighted by atomic mass is 32.2. The van der Waals surface area contributed by atoms with Gasteiger partial charge >= 0.3 is 0 Å². The number of aromatic nitrogens is 3. The normalized spacial score (nSPS) is 25.0. The lowest BCUT2D eigenvalue weighted by molar-refractivity contribution is 0.552. The number of rotatable bonds is 4. The molecule has 7 heteroatoms. The van der Waals surface area contributed by atoms with Gasteiger partial charge < -0.3 is 4.57 Å². The molecule has 1 fully saturated rings. The maximum absolute atomic E-state index is 11.7. The van der Waals surface area contributed by atoms with Crippen LogP contribution >= 0.6 is 11.8 Å². The van der Waals surface area contributed by atoms with Gasteiger partial charge in [0.2, 0.25) is 0 Å². The zero-order chi connectivity index (χ0) is 17.4. The van der Waals surface area contributed by atoms with Crippen molar-refractivity contribution < 1.29 is 8.42 Å². The number of sulfone groups is 1. The Morgan fingerprint density at radius 1 is 1.24 bits per heavy atom. The van der Waals surface area contributed by atoms with Gasteiger partial charge in [-0.2, -0.15) is 0 Å². The Kier molecular flexibility index (Phi) is 4.62. The first-order valence-electron chi connectivity index (χ1n) is 8.85. The molecule has 0 spiro atoms. The molecule has 5 nitrogen and oxygen atoms in total. The van der Waals surface area contributed by atoms with E-state index in [1.807, 2.05) is 11.6 Å². The summed E-state index contributed by atoms with van der Waals surface area (Å²) >= 11 is 1.78. The van der Waals surface area contributed by atoms with E-state index in [0.717, 1.165) is 30.2 Å². The van der Waals surface area contributed by atoms with E-state index >= 15 is 0 Å². The quantitative estimate of drug-likeness (QED) is 0.820. The first kappa shape index (κ1) is 17.1. The molecule has 1 aliphatic heterocycles. The van der Waals surface area contributed by atoms with E-state index in [1.54, 1.807) is 11.8 Å². The van der Waals surface area contributed by atoms with Crippen LogP contribution in [-0.2, 0) is 29.7 Å². The summed E-state index contributed by atoms with van der Waals surface area (Å²) in [4.78, 5) is 0. The van der Waals surface area contributed by atoms with E-state index in [-0.39, 0.29) is 5.92 Å². The van der Waals surface area contributed by atoms with Crippen LogP contribution in [0.4, 0.5) is 0 Å². The van der Waals surface area contributed by atoms with E-state index in [2.05, 4.69) is 34.5 Å². The van der Waals surface area contributed by atoms with Crippen molar-refractivity contribution in [2.75, 3.05) is 11.5 Å². The van der Waals surface area contributed by atoms with E-state index in [0.29, 0.717) is 23.2 Å². The predicted octanol–water partition coefficient (Wildman–Crippen LogP) is 2.96. The molecular formula is C18H23N3O2S2. The van der Waals surface area contributed by atoms with E-state index in [4.69, 9.17) is 0 Å². The first-order chi connectivity index (χ1) is 12.0. The van der Waals surface area contributed by atoms with Crippen molar-refractivity contribution in [3.63, 3.8) is 0 Å². The first-order valence-corrected chi connectivity index (χ1v) is 11.5. The van der Waals surface area contributed by atoms with Crippen molar-refractivity contribution in [1.82, 2.24) is 14.8 Å². The summed E-state index contributed by atoms with van der Waals surface area (Å²) in [6.07, 6.45) is 4.97. The predicted molar refractivity (Wildman–Crippen MR) is 99.4 cm³/mol. The molecule has 134 valence electrons. The van der Waals surface area contributed by atoms with E-state index < -0.39 is 9.84 Å². The Balaban J connectivity index is 1.49. The summed E-state index contributed by atoms with van der Waals surface area (Å²) in [5, 5.41) is 10.1. The number of hydrogen-bond donors (Lipinski definition) is 0. The van der Waals surface area contributed by atoms with Crippen molar-refractivity contribution in [1.29, 1.82) is 0 Å². The SMILES string of the molecule is Cn1c(C[C@H]2CCS(=O)(=O)C2)nnc1S[C@H]1CCCc2ccccc21. The van der Waals surface area contributed by atoms with Gasteiger partial charge in [0.25, 0.3) is 0 Å². The third-order valence-corrected chi connectivity index (χ3v) is 8.46. The van der Waals surface area contributed by atoms with Gasteiger partial charge in [-0.15, -0.1) is 10.2 Å². The Bertz CT molecular complexity index is 876. The Morgan fingerprint density at radius 2 is 2.08 bits per heavy atom. The maximum atomic E-state index is 11.7. The second-order valence-corrected chi connectivity index (χ2v) is 10.5. The van der Waals surface area contributed by atoms with Crippen LogP contribution in [0.5, 0.6) is 0 Å². The topological polar surface area (TPSA) is 64.8 Å². The number of aryl methyl sites for hydroxylation is 1. The van der Waals surface area contributed by atoms with Crippen LogP contribution in [0.25, 0.3) is 0 Å². The van der Waals surface area contributed by atoms with E-state index in [1.165, 1.54) is 17.5 Å². The fourth-order valence-corrected chi connectivity index (χ4v) is 6.98. The Labute approximate surface area is 153 Å². The van der Waals surface area contributed by atoms with Gasteiger partial charge in [-0.25, -0.2) is 8.42 Å². The molecule has 1 aromatic carbocycles. The van der Waals surface area contributed by atoms with Crippen LogP contribution in [0.3, 0.4) is 0 Å². The zero-order valence-electron chi connectivity index (χ0n) is 14.4. The number of nitrogens with zero attached hydrogens (tertiary/aromatic N) is 3. The smallest absolute Gasteiger partial charge is 0.191 e. The number of fused-ring (bicyclic) bond motifs is 1. The van der Waals surface area contributed by atoms with Crippen molar-refractivity contribution >= 4 is 21.6 Å². The standard InChI is InChI=1S/C18H23N3O2S2/c1-21-17(11-13-9-10-25(22,23)12-13)19-20-18(21)24-16-8-4-6-14-5-2-3-7-15(14)16/h2-3,5,7,13,16H,4,6,8-12H2,1H3/t13-,16+/m1/s1. The van der Waals surface area contributed by atoms with Gasteiger partial charge in [-0.1, -0.05) is 36.0 Å². The van der Waals surface area contributed by atoms with Crippen molar-refractivity contribution in [3.8, 4) is 0 Å². The van der Waals surface area contributed by atoms with Crippen molar-refractivity contribution in [2.45, 2.75) is 42.5 Å². The number of thioether (sulfide) groups is 1. The molecule has 2 aliphatic rings. The maximum Gasteiger partial charge on any atom is 0.191 e. The summed E-state index contributed by atoms with van der Waals surface area (Å²) in [6.45, 7) is 0. The van der Waals surface area contributed by atoms with Crippen LogP contribution in [0.15, 0.2) is 29.4 Å². The Hall–Kier alpha value is -1.34. The van der Waals surface area contributed by atoms with Crippen LogP contribution in [0.2, 0.25) is 0 Å². The van der Waals surface area contributed by atoms with Crippen LogP contribution in [0.1, 0.15) is 41.5 Å². The summed E-state index contributed by atoms with van der Waals surface area (Å²) in [6, 6.07) is 8.68. The molecule has 1 aliphatic carbocycles. The highest BCUT2D eigenvalue weighted by Crippen LogP contribution is 2.42. The second kappa shape index (κ2) is 6.76. The average Bonchev–Trinajstić information content (AvgIpc) is 3.11. The molecule has 2 heterocycles. The summed E-state index contributed by atoms with van der Waals surface area (Å²) in [7, 11) is -0.845. The molecule has 0 saturated carbocycles. The minimum atomic E-state index is -2.84. The molecule has 0 radical (unpaired) electrons.